The molecule has 0 spiro atoms. The molecule has 0 saturated heterocycles. The molecule has 0 aliphatic rings. The molecule has 1 heterocycles. The van der Waals surface area contributed by atoms with Gasteiger partial charge in [0.05, 0.1) is 19.8 Å². The number of hydrogen-bond donors (Lipinski definition) is 0. The van der Waals surface area contributed by atoms with Gasteiger partial charge in [-0.05, 0) is 46.2 Å². The fourth-order valence-electron chi connectivity index (χ4n) is 3.04. The molecule has 154 valence electrons. The summed E-state index contributed by atoms with van der Waals surface area (Å²) >= 11 is 0. The average Bonchev–Trinajstić information content (AvgIpc) is 3.15. The van der Waals surface area contributed by atoms with Gasteiger partial charge < -0.3 is 13.9 Å². The van der Waals surface area contributed by atoms with Crippen molar-refractivity contribution in [3.63, 3.8) is 0 Å². The Kier molecular flexibility index (Phi) is 5.44. The van der Waals surface area contributed by atoms with Crippen LogP contribution in [0.25, 0.3) is 22.9 Å². The molecule has 3 aromatic rings. The number of benzene rings is 2. The predicted octanol–water partition coefficient (Wildman–Crippen LogP) is 6.02. The van der Waals surface area contributed by atoms with E-state index in [0.717, 1.165) is 11.1 Å². The van der Waals surface area contributed by atoms with Crippen LogP contribution in [0.4, 0.5) is 0 Å². The van der Waals surface area contributed by atoms with Crippen LogP contribution in [0.15, 0.2) is 40.8 Å². The van der Waals surface area contributed by atoms with Crippen molar-refractivity contribution in [3.05, 3.63) is 47.5 Å². The summed E-state index contributed by atoms with van der Waals surface area (Å²) in [5.41, 5.74) is 4.16. The molecule has 0 bridgehead atoms. The van der Waals surface area contributed by atoms with Gasteiger partial charge in [-0.1, -0.05) is 47.6 Å². The smallest absolute Gasteiger partial charge is 0.251 e. The first-order valence-corrected chi connectivity index (χ1v) is 9.75. The van der Waals surface area contributed by atoms with Crippen molar-refractivity contribution in [3.8, 4) is 34.4 Å². The van der Waals surface area contributed by atoms with Crippen LogP contribution in [0.1, 0.15) is 52.7 Å². The van der Waals surface area contributed by atoms with Gasteiger partial charge >= 0.3 is 0 Å². The predicted molar refractivity (Wildman–Crippen MR) is 116 cm³/mol. The maximum absolute atomic E-state index is 6.06. The van der Waals surface area contributed by atoms with E-state index in [4.69, 9.17) is 13.9 Å². The first-order chi connectivity index (χ1) is 13.5. The molecular weight excluding hydrogens is 364 g/mol. The van der Waals surface area contributed by atoms with E-state index in [1.807, 2.05) is 12.1 Å². The second kappa shape index (κ2) is 7.54. The van der Waals surface area contributed by atoms with E-state index in [0.29, 0.717) is 23.3 Å². The third-order valence-corrected chi connectivity index (χ3v) is 4.98. The van der Waals surface area contributed by atoms with E-state index in [1.165, 1.54) is 11.1 Å². The summed E-state index contributed by atoms with van der Waals surface area (Å²) in [5, 5.41) is 8.60. The Morgan fingerprint density at radius 1 is 0.724 bits per heavy atom. The Morgan fingerprint density at radius 2 is 1.31 bits per heavy atom. The van der Waals surface area contributed by atoms with Crippen molar-refractivity contribution in [2.75, 3.05) is 14.2 Å². The average molecular weight is 395 g/mol. The number of methoxy groups -OCH3 is 2. The second-order valence-electron chi connectivity index (χ2n) is 9.28. The lowest BCUT2D eigenvalue weighted by Crippen LogP contribution is -2.16. The van der Waals surface area contributed by atoms with Gasteiger partial charge in [0, 0.05) is 11.6 Å². The Labute approximate surface area is 173 Å². The van der Waals surface area contributed by atoms with Crippen molar-refractivity contribution in [1.82, 2.24) is 10.2 Å². The first kappa shape index (κ1) is 20.9. The molecule has 5 heteroatoms. The number of ether oxygens (including phenoxy) is 2. The van der Waals surface area contributed by atoms with Crippen LogP contribution >= 0.6 is 0 Å². The summed E-state index contributed by atoms with van der Waals surface area (Å²) in [6.45, 7) is 13.3. The van der Waals surface area contributed by atoms with Crippen molar-refractivity contribution < 1.29 is 13.9 Å². The van der Waals surface area contributed by atoms with E-state index in [1.54, 1.807) is 20.3 Å². The molecule has 0 amide bonds. The van der Waals surface area contributed by atoms with Crippen LogP contribution < -0.4 is 9.47 Å². The lowest BCUT2D eigenvalue weighted by Gasteiger charge is -2.25. The first-order valence-electron chi connectivity index (χ1n) is 9.75. The van der Waals surface area contributed by atoms with Crippen LogP contribution in [0.5, 0.6) is 11.5 Å². The molecule has 1 aromatic heterocycles. The van der Waals surface area contributed by atoms with Crippen LogP contribution in [-0.4, -0.2) is 24.4 Å². The summed E-state index contributed by atoms with van der Waals surface area (Å²) in [6.07, 6.45) is 0. The molecule has 0 aliphatic carbocycles. The number of rotatable bonds is 4. The number of nitrogens with zero attached hydrogens (tertiary/aromatic N) is 2. The Hall–Kier alpha value is -2.82. The molecule has 0 fully saturated rings. The van der Waals surface area contributed by atoms with E-state index in [9.17, 15) is 0 Å². The van der Waals surface area contributed by atoms with Gasteiger partial charge in [0.2, 0.25) is 5.89 Å². The summed E-state index contributed by atoms with van der Waals surface area (Å²) in [4.78, 5) is 0. The Balaban J connectivity index is 2.09. The molecule has 0 saturated carbocycles. The highest BCUT2D eigenvalue weighted by molar-refractivity contribution is 5.66. The molecule has 5 nitrogen and oxygen atoms in total. The second-order valence-corrected chi connectivity index (χ2v) is 9.28. The molecule has 3 rings (SSSR count). The van der Waals surface area contributed by atoms with E-state index in [2.05, 4.69) is 69.9 Å². The molecular formula is C24H30N2O3. The zero-order chi connectivity index (χ0) is 21.4. The minimum atomic E-state index is 0.0120. The maximum atomic E-state index is 6.06. The molecule has 0 atom stereocenters. The molecule has 0 aliphatic heterocycles. The monoisotopic (exact) mass is 394 g/mol. The Morgan fingerprint density at radius 3 is 1.83 bits per heavy atom. The third kappa shape index (κ3) is 4.44. The molecule has 29 heavy (non-hydrogen) atoms. The molecule has 2 aromatic carbocycles. The maximum Gasteiger partial charge on any atom is 0.251 e. The van der Waals surface area contributed by atoms with Gasteiger partial charge in [-0.25, -0.2) is 0 Å². The SMILES string of the molecule is COc1ccc(-c2nnc(-c3cc(C(C)(C)C)cc(C(C)(C)C)c3)o2)c(OC)c1. The van der Waals surface area contributed by atoms with Crippen molar-refractivity contribution in [2.24, 2.45) is 0 Å². The van der Waals surface area contributed by atoms with Crippen molar-refractivity contribution in [1.29, 1.82) is 0 Å². The minimum Gasteiger partial charge on any atom is -0.497 e. The highest BCUT2D eigenvalue weighted by atomic mass is 16.5. The molecule has 0 unspecified atom stereocenters. The van der Waals surface area contributed by atoms with Gasteiger partial charge in [0.15, 0.2) is 0 Å². The summed E-state index contributed by atoms with van der Waals surface area (Å²) in [5.74, 6) is 2.24. The third-order valence-electron chi connectivity index (χ3n) is 4.98. The molecule has 0 radical (unpaired) electrons. The summed E-state index contributed by atoms with van der Waals surface area (Å²) < 4.78 is 16.8. The van der Waals surface area contributed by atoms with Gasteiger partial charge in [-0.15, -0.1) is 10.2 Å². The van der Waals surface area contributed by atoms with Crippen molar-refractivity contribution in [2.45, 2.75) is 52.4 Å². The largest absolute Gasteiger partial charge is 0.497 e. The van der Waals surface area contributed by atoms with Gasteiger partial charge in [0.25, 0.3) is 5.89 Å². The highest BCUT2D eigenvalue weighted by Crippen LogP contribution is 2.36. The normalized spacial score (nSPS) is 12.1. The number of aromatic nitrogens is 2. The van der Waals surface area contributed by atoms with Crippen LogP contribution in [0, 0.1) is 0 Å². The lowest BCUT2D eigenvalue weighted by molar-refractivity contribution is 0.394. The zero-order valence-electron chi connectivity index (χ0n) is 18.6. The quantitative estimate of drug-likeness (QED) is 0.542. The summed E-state index contributed by atoms with van der Waals surface area (Å²) in [7, 11) is 3.23. The van der Waals surface area contributed by atoms with Gasteiger partial charge in [0.1, 0.15) is 11.5 Å². The van der Waals surface area contributed by atoms with Crippen LogP contribution in [0.3, 0.4) is 0 Å². The van der Waals surface area contributed by atoms with Crippen molar-refractivity contribution >= 4 is 0 Å². The highest BCUT2D eigenvalue weighted by Gasteiger charge is 2.23. The van der Waals surface area contributed by atoms with Crippen LogP contribution in [0.2, 0.25) is 0 Å². The van der Waals surface area contributed by atoms with Gasteiger partial charge in [-0.2, -0.15) is 0 Å². The zero-order valence-corrected chi connectivity index (χ0v) is 18.6. The fraction of sp³-hybridized carbons (Fsp3) is 0.417. The van der Waals surface area contributed by atoms with Crippen LogP contribution in [-0.2, 0) is 10.8 Å². The van der Waals surface area contributed by atoms with E-state index >= 15 is 0 Å². The van der Waals surface area contributed by atoms with E-state index in [-0.39, 0.29) is 10.8 Å². The fourth-order valence-corrected chi connectivity index (χ4v) is 3.04. The molecule has 0 N–H and O–H groups in total. The Bertz CT molecular complexity index is 975. The topological polar surface area (TPSA) is 57.4 Å². The standard InChI is InChI=1S/C24H30N2O3/c1-23(2,3)16-11-15(12-17(13-16)24(4,5)6)21-25-26-22(29-21)19-10-9-18(27-7)14-20(19)28-8/h9-14H,1-8H3. The van der Waals surface area contributed by atoms with Gasteiger partial charge in [-0.3, -0.25) is 0 Å². The minimum absolute atomic E-state index is 0.0120. The summed E-state index contributed by atoms with van der Waals surface area (Å²) in [6, 6.07) is 12.1. The lowest BCUT2D eigenvalue weighted by atomic mass is 9.79. The number of hydrogen-bond acceptors (Lipinski definition) is 5. The van der Waals surface area contributed by atoms with E-state index < -0.39 is 0 Å².